The highest BCUT2D eigenvalue weighted by Crippen LogP contribution is 2.50. The number of fused-ring (bicyclic) bond motifs is 3. The minimum atomic E-state index is 0.477. The molecule has 1 spiro atoms. The molecule has 90 valence electrons. The third-order valence-corrected chi connectivity index (χ3v) is 5.90. The van der Waals surface area contributed by atoms with Gasteiger partial charge in [0.1, 0.15) is 0 Å². The standard InChI is InChI=1S/C14H18N2S/c1-4-16-12-8-11-13(7-10(1)12)17-9-14(11)2-5-15-6-3-14/h7-8,15-16H,1-6,9H2. The van der Waals surface area contributed by atoms with Crippen LogP contribution in [-0.4, -0.2) is 25.4 Å². The average molecular weight is 246 g/mol. The van der Waals surface area contributed by atoms with Gasteiger partial charge in [-0.2, -0.15) is 0 Å². The van der Waals surface area contributed by atoms with Crippen LogP contribution in [0.4, 0.5) is 5.69 Å². The van der Waals surface area contributed by atoms with E-state index in [1.807, 2.05) is 0 Å². The van der Waals surface area contributed by atoms with E-state index >= 15 is 0 Å². The van der Waals surface area contributed by atoms with Crippen molar-refractivity contribution in [3.05, 3.63) is 23.3 Å². The van der Waals surface area contributed by atoms with Gasteiger partial charge < -0.3 is 10.6 Å². The zero-order valence-electron chi connectivity index (χ0n) is 10.0. The Morgan fingerprint density at radius 2 is 2.00 bits per heavy atom. The van der Waals surface area contributed by atoms with E-state index in [1.54, 1.807) is 10.5 Å². The fourth-order valence-corrected chi connectivity index (χ4v) is 5.00. The Morgan fingerprint density at radius 3 is 2.88 bits per heavy atom. The van der Waals surface area contributed by atoms with Crippen molar-refractivity contribution in [3.63, 3.8) is 0 Å². The van der Waals surface area contributed by atoms with Crippen molar-refractivity contribution < 1.29 is 0 Å². The lowest BCUT2D eigenvalue weighted by atomic mass is 9.75. The van der Waals surface area contributed by atoms with Gasteiger partial charge in [-0.25, -0.2) is 0 Å². The third kappa shape index (κ3) is 1.45. The predicted molar refractivity (Wildman–Crippen MR) is 73.1 cm³/mol. The molecule has 0 aliphatic carbocycles. The molecule has 4 rings (SSSR count). The van der Waals surface area contributed by atoms with Crippen LogP contribution in [0, 0.1) is 0 Å². The molecule has 0 amide bonds. The first kappa shape index (κ1) is 10.3. The first-order valence-electron chi connectivity index (χ1n) is 6.62. The van der Waals surface area contributed by atoms with Crippen LogP contribution in [0.3, 0.4) is 0 Å². The first-order chi connectivity index (χ1) is 8.37. The average Bonchev–Trinajstić information content (AvgIpc) is 2.94. The SMILES string of the molecule is c1c2c(cc3c1SCC31CCNCC1)NCC2. The summed E-state index contributed by atoms with van der Waals surface area (Å²) in [5, 5.41) is 7.02. The second-order valence-corrected chi connectivity index (χ2v) is 6.52. The molecule has 0 saturated carbocycles. The highest BCUT2D eigenvalue weighted by Gasteiger charge is 2.40. The van der Waals surface area contributed by atoms with Crippen molar-refractivity contribution in [2.45, 2.75) is 29.6 Å². The van der Waals surface area contributed by atoms with Crippen molar-refractivity contribution in [2.24, 2.45) is 0 Å². The zero-order chi connectivity index (χ0) is 11.3. The second kappa shape index (κ2) is 3.66. The molecule has 3 aliphatic rings. The summed E-state index contributed by atoms with van der Waals surface area (Å²) in [7, 11) is 0. The number of hydrogen-bond donors (Lipinski definition) is 2. The molecule has 2 N–H and O–H groups in total. The van der Waals surface area contributed by atoms with Crippen molar-refractivity contribution in [1.82, 2.24) is 5.32 Å². The van der Waals surface area contributed by atoms with E-state index in [0.29, 0.717) is 5.41 Å². The smallest absolute Gasteiger partial charge is 0.0377 e. The zero-order valence-corrected chi connectivity index (χ0v) is 10.8. The molecule has 0 atom stereocenters. The summed E-state index contributed by atoms with van der Waals surface area (Å²) >= 11 is 2.08. The Bertz CT molecular complexity index is 464. The quantitative estimate of drug-likeness (QED) is 0.735. The Kier molecular flexibility index (Phi) is 2.21. The molecule has 2 nitrogen and oxygen atoms in total. The number of hydrogen-bond acceptors (Lipinski definition) is 3. The van der Waals surface area contributed by atoms with Crippen LogP contribution in [0.15, 0.2) is 17.0 Å². The lowest BCUT2D eigenvalue weighted by Gasteiger charge is -2.34. The molecule has 1 saturated heterocycles. The summed E-state index contributed by atoms with van der Waals surface area (Å²) in [6.07, 6.45) is 3.83. The topological polar surface area (TPSA) is 24.1 Å². The number of nitrogens with one attached hydrogen (secondary N) is 2. The summed E-state index contributed by atoms with van der Waals surface area (Å²) in [5.74, 6) is 1.30. The Hall–Kier alpha value is -0.670. The van der Waals surface area contributed by atoms with Crippen LogP contribution >= 0.6 is 11.8 Å². The van der Waals surface area contributed by atoms with Gasteiger partial charge in [-0.15, -0.1) is 11.8 Å². The molecule has 3 heterocycles. The van der Waals surface area contributed by atoms with Gasteiger partial charge in [-0.3, -0.25) is 0 Å². The number of piperidine rings is 1. The van der Waals surface area contributed by atoms with Gasteiger partial charge >= 0.3 is 0 Å². The van der Waals surface area contributed by atoms with Crippen LogP contribution in [0.25, 0.3) is 0 Å². The van der Waals surface area contributed by atoms with E-state index in [2.05, 4.69) is 34.5 Å². The molecular weight excluding hydrogens is 228 g/mol. The minimum Gasteiger partial charge on any atom is -0.384 e. The van der Waals surface area contributed by atoms with Gasteiger partial charge in [0.2, 0.25) is 0 Å². The highest BCUT2D eigenvalue weighted by atomic mass is 32.2. The van der Waals surface area contributed by atoms with Crippen LogP contribution in [-0.2, 0) is 11.8 Å². The molecule has 1 aromatic carbocycles. The van der Waals surface area contributed by atoms with Crippen molar-refractivity contribution >= 4 is 17.4 Å². The van der Waals surface area contributed by atoms with E-state index in [1.165, 1.54) is 49.4 Å². The van der Waals surface area contributed by atoms with E-state index in [-0.39, 0.29) is 0 Å². The Balaban J connectivity index is 1.81. The van der Waals surface area contributed by atoms with Gasteiger partial charge in [0.05, 0.1) is 0 Å². The number of benzene rings is 1. The van der Waals surface area contributed by atoms with Gasteiger partial charge in [-0.1, -0.05) is 0 Å². The van der Waals surface area contributed by atoms with Crippen LogP contribution < -0.4 is 10.6 Å². The second-order valence-electron chi connectivity index (χ2n) is 5.50. The lowest BCUT2D eigenvalue weighted by Crippen LogP contribution is -2.40. The molecular formula is C14H18N2S. The molecule has 1 aromatic rings. The fourth-order valence-electron chi connectivity index (χ4n) is 3.47. The summed E-state index contributed by atoms with van der Waals surface area (Å²) in [6.45, 7) is 3.49. The molecule has 0 aromatic heterocycles. The summed E-state index contributed by atoms with van der Waals surface area (Å²) in [4.78, 5) is 1.56. The number of thioether (sulfide) groups is 1. The van der Waals surface area contributed by atoms with E-state index < -0.39 is 0 Å². The monoisotopic (exact) mass is 246 g/mol. The maximum Gasteiger partial charge on any atom is 0.0377 e. The molecule has 3 aliphatic heterocycles. The molecule has 3 heteroatoms. The minimum absolute atomic E-state index is 0.477. The summed E-state index contributed by atoms with van der Waals surface area (Å²) in [5.41, 5.74) is 5.05. The highest BCUT2D eigenvalue weighted by molar-refractivity contribution is 7.99. The van der Waals surface area contributed by atoms with E-state index in [0.717, 1.165) is 6.54 Å². The fraction of sp³-hybridized carbons (Fsp3) is 0.571. The van der Waals surface area contributed by atoms with Crippen molar-refractivity contribution in [1.29, 1.82) is 0 Å². The van der Waals surface area contributed by atoms with Crippen LogP contribution in [0.2, 0.25) is 0 Å². The van der Waals surface area contributed by atoms with Crippen LogP contribution in [0.1, 0.15) is 24.0 Å². The third-order valence-electron chi connectivity index (χ3n) is 4.55. The van der Waals surface area contributed by atoms with Gasteiger partial charge in [0.15, 0.2) is 0 Å². The summed E-state index contributed by atoms with van der Waals surface area (Å²) < 4.78 is 0. The first-order valence-corrected chi connectivity index (χ1v) is 7.61. The molecule has 17 heavy (non-hydrogen) atoms. The van der Waals surface area contributed by atoms with Crippen molar-refractivity contribution in [3.8, 4) is 0 Å². The Labute approximate surface area is 107 Å². The van der Waals surface area contributed by atoms with Crippen molar-refractivity contribution in [2.75, 3.05) is 30.7 Å². The predicted octanol–water partition coefficient (Wildman–Crippen LogP) is 2.38. The maximum atomic E-state index is 3.53. The molecule has 1 fully saturated rings. The molecule has 0 bridgehead atoms. The van der Waals surface area contributed by atoms with Gasteiger partial charge in [-0.05, 0) is 55.6 Å². The molecule has 0 unspecified atom stereocenters. The number of anilines is 1. The van der Waals surface area contributed by atoms with E-state index in [9.17, 15) is 0 Å². The van der Waals surface area contributed by atoms with Gasteiger partial charge in [0, 0.05) is 28.3 Å². The van der Waals surface area contributed by atoms with Gasteiger partial charge in [0.25, 0.3) is 0 Å². The number of rotatable bonds is 0. The summed E-state index contributed by atoms with van der Waals surface area (Å²) in [6, 6.07) is 4.91. The maximum absolute atomic E-state index is 3.53. The van der Waals surface area contributed by atoms with E-state index in [4.69, 9.17) is 0 Å². The Morgan fingerprint density at radius 1 is 1.12 bits per heavy atom. The largest absolute Gasteiger partial charge is 0.384 e. The lowest BCUT2D eigenvalue weighted by molar-refractivity contribution is 0.343. The molecule has 0 radical (unpaired) electrons. The normalized spacial score (nSPS) is 24.5. The van der Waals surface area contributed by atoms with Crippen LogP contribution in [0.5, 0.6) is 0 Å².